The highest BCUT2D eigenvalue weighted by molar-refractivity contribution is 5.99. The molecule has 0 spiro atoms. The average molecular weight is 551 g/mol. The lowest BCUT2D eigenvalue weighted by Crippen LogP contribution is -2.27. The number of aryl methyl sites for hydroxylation is 1. The molecule has 0 saturated carbocycles. The van der Waals surface area contributed by atoms with Crippen LogP contribution in [-0.4, -0.2) is 28.6 Å². The number of halogens is 1. The van der Waals surface area contributed by atoms with Crippen LogP contribution >= 0.6 is 0 Å². The number of aromatic nitrogens is 2. The number of hydrogen-bond acceptors (Lipinski definition) is 4. The van der Waals surface area contributed by atoms with E-state index in [2.05, 4.69) is 72.3 Å². The zero-order valence-corrected chi connectivity index (χ0v) is 25.3. The number of ether oxygens (including phenoxy) is 1. The predicted molar refractivity (Wildman–Crippen MR) is 169 cm³/mol. The van der Waals surface area contributed by atoms with Crippen LogP contribution in [-0.2, 0) is 22.6 Å². The second kappa shape index (κ2) is 27.7. The molecule has 0 saturated heterocycles. The molecule has 6 nitrogen and oxygen atoms in total. The van der Waals surface area contributed by atoms with Gasteiger partial charge in [-0.25, -0.2) is 9.37 Å². The van der Waals surface area contributed by atoms with E-state index in [4.69, 9.17) is 11.2 Å². The second-order valence-electron chi connectivity index (χ2n) is 7.91. The maximum Gasteiger partial charge on any atom is 0.162 e. The number of hydrogen-bond donors (Lipinski definition) is 2. The van der Waals surface area contributed by atoms with Crippen molar-refractivity contribution in [2.45, 2.75) is 67.4 Å². The number of imidazole rings is 1. The summed E-state index contributed by atoms with van der Waals surface area (Å²) in [7, 11) is 1.66. The molecule has 2 N–H and O–H groups in total. The molecule has 0 radical (unpaired) electrons. The number of nitrogens with one attached hydrogen (secondary N) is 2. The smallest absolute Gasteiger partial charge is 0.162 e. The molecule has 2 rings (SSSR count). The van der Waals surface area contributed by atoms with Crippen molar-refractivity contribution in [2.75, 3.05) is 7.05 Å². The molecule has 40 heavy (non-hydrogen) atoms. The maximum absolute atomic E-state index is 12.9. The number of carbonyl (C=O) groups excluding carboxylic acids is 1. The van der Waals surface area contributed by atoms with Crippen molar-refractivity contribution < 1.29 is 13.9 Å². The molecule has 0 fully saturated rings. The molecule has 1 unspecified atom stereocenters. The number of amidine groups is 1. The first-order chi connectivity index (χ1) is 19.2. The lowest BCUT2D eigenvalue weighted by Gasteiger charge is -2.13. The van der Waals surface area contributed by atoms with Gasteiger partial charge in [-0.1, -0.05) is 63.7 Å². The zero-order chi connectivity index (χ0) is 31.3. The fraction of sp³-hybridized carbons (Fsp3) is 0.364. The quantitative estimate of drug-likeness (QED) is 0.152. The summed E-state index contributed by atoms with van der Waals surface area (Å²) in [4.78, 5) is 23.4. The minimum atomic E-state index is -0.423. The Balaban J connectivity index is -0.000000545. The van der Waals surface area contributed by atoms with E-state index in [9.17, 15) is 9.18 Å². The Morgan fingerprint density at radius 2 is 1.88 bits per heavy atom. The summed E-state index contributed by atoms with van der Waals surface area (Å²) >= 11 is 0. The molecule has 7 heteroatoms. The van der Waals surface area contributed by atoms with Gasteiger partial charge in [0, 0.05) is 43.3 Å². The number of aromatic amines is 1. The molecule has 0 aliphatic carbocycles. The molecular weight excluding hydrogens is 503 g/mol. The van der Waals surface area contributed by atoms with Gasteiger partial charge in [0.2, 0.25) is 0 Å². The van der Waals surface area contributed by atoms with Gasteiger partial charge in [0.15, 0.2) is 12.4 Å². The van der Waals surface area contributed by atoms with Gasteiger partial charge in [0.1, 0.15) is 23.6 Å². The Bertz CT molecular complexity index is 1090. The van der Waals surface area contributed by atoms with E-state index in [0.29, 0.717) is 12.4 Å². The van der Waals surface area contributed by atoms with Gasteiger partial charge >= 0.3 is 0 Å². The third-order valence-corrected chi connectivity index (χ3v) is 4.62. The number of H-pyrrole nitrogens is 1. The van der Waals surface area contributed by atoms with Crippen LogP contribution in [0.1, 0.15) is 64.7 Å². The van der Waals surface area contributed by atoms with Crippen molar-refractivity contribution in [1.82, 2.24) is 15.3 Å². The van der Waals surface area contributed by atoms with Crippen LogP contribution in [0, 0.1) is 37.7 Å². The maximum atomic E-state index is 12.9. The van der Waals surface area contributed by atoms with Crippen molar-refractivity contribution in [3.63, 3.8) is 0 Å². The van der Waals surface area contributed by atoms with Gasteiger partial charge in [-0.2, -0.15) is 0 Å². The lowest BCUT2D eigenvalue weighted by molar-refractivity contribution is -0.115. The van der Waals surface area contributed by atoms with E-state index < -0.39 is 5.83 Å². The van der Waals surface area contributed by atoms with Crippen LogP contribution < -0.4 is 5.32 Å². The molecule has 218 valence electrons. The number of allylic oxidation sites excluding steroid dienone is 7. The number of nitrogens with zero attached hydrogens (tertiary/aromatic N) is 2. The van der Waals surface area contributed by atoms with Crippen molar-refractivity contribution >= 4 is 11.6 Å². The standard InChI is InChI=1S/C13H17FN2O.C12H14N2O.C3H8.C3H4.C2H4/c1-9(10(2)14)12(17)8-11-6-4-5-7-16-13(11)15-3;1-4-6-7-8-11-10(3)13-12(14-11)9-15-5-2;2*1-3-2;1-2/h4-7,11H,8H2,1-3H3,(H,15,16);2,4,6-7H,1,8-9H2,3H3,(H,13,14);3H2,1-2H3;1H,2H3;1-2H2/b10-9-;;;;. The number of carbonyl (C=O) groups is 1. The van der Waals surface area contributed by atoms with E-state index in [1.54, 1.807) is 26.2 Å². The highest BCUT2D eigenvalue weighted by Crippen LogP contribution is 2.16. The number of Topliss-reactive ketones (excluding diaryl/α,β-unsaturated/α-hetero) is 1. The second-order valence-corrected chi connectivity index (χ2v) is 7.91. The van der Waals surface area contributed by atoms with E-state index in [1.807, 2.05) is 37.3 Å². The van der Waals surface area contributed by atoms with Gasteiger partial charge in [-0.05, 0) is 33.8 Å². The number of ketones is 1. The van der Waals surface area contributed by atoms with Gasteiger partial charge in [-0.15, -0.1) is 25.5 Å². The summed E-state index contributed by atoms with van der Waals surface area (Å²) in [5, 5.41) is 3.00. The Hall–Kier alpha value is -4.36. The van der Waals surface area contributed by atoms with E-state index in [0.717, 1.165) is 23.6 Å². The topological polar surface area (TPSA) is 79.4 Å². The monoisotopic (exact) mass is 550 g/mol. The van der Waals surface area contributed by atoms with Crippen LogP contribution in [0.15, 0.2) is 78.8 Å². The van der Waals surface area contributed by atoms with Gasteiger partial charge in [0.05, 0.1) is 5.69 Å². The SMILES string of the molecule is C#CC.C#COCc1nc(CC=CC=C)c(C)[nH]1.C=C.CCC.CN=C1NC=CC=CC1CC(=O)/C(C)=C(/C)F. The Morgan fingerprint density at radius 3 is 2.38 bits per heavy atom. The first-order valence-electron chi connectivity index (χ1n) is 12.9. The fourth-order valence-corrected chi connectivity index (χ4v) is 2.74. The molecule has 0 aromatic carbocycles. The third kappa shape index (κ3) is 19.7. The van der Waals surface area contributed by atoms with Gasteiger partial charge in [-0.3, -0.25) is 9.79 Å². The molecule has 1 aliphatic heterocycles. The third-order valence-electron chi connectivity index (χ3n) is 4.62. The summed E-state index contributed by atoms with van der Waals surface area (Å²) < 4.78 is 17.8. The number of rotatable bonds is 8. The predicted octanol–water partition coefficient (Wildman–Crippen LogP) is 7.49. The van der Waals surface area contributed by atoms with Crippen molar-refractivity contribution in [2.24, 2.45) is 10.9 Å². The van der Waals surface area contributed by atoms with Crippen LogP contribution in [0.4, 0.5) is 4.39 Å². The van der Waals surface area contributed by atoms with Crippen LogP contribution in [0.25, 0.3) is 0 Å². The minimum Gasteiger partial charge on any atom is -0.439 e. The molecule has 1 atom stereocenters. The highest BCUT2D eigenvalue weighted by Gasteiger charge is 2.19. The molecule has 0 amide bonds. The first-order valence-corrected chi connectivity index (χ1v) is 12.9. The molecule has 2 heterocycles. The lowest BCUT2D eigenvalue weighted by atomic mass is 9.97. The van der Waals surface area contributed by atoms with E-state index in [1.165, 1.54) is 20.3 Å². The molecule has 1 aromatic heterocycles. The molecule has 1 aromatic rings. The van der Waals surface area contributed by atoms with Crippen LogP contribution in [0.5, 0.6) is 0 Å². The van der Waals surface area contributed by atoms with Gasteiger partial charge in [0.25, 0.3) is 0 Å². The van der Waals surface area contributed by atoms with E-state index >= 15 is 0 Å². The minimum absolute atomic E-state index is 0.128. The van der Waals surface area contributed by atoms with Crippen LogP contribution in [0.3, 0.4) is 0 Å². The normalized spacial score (nSPS) is 14.3. The summed E-state index contributed by atoms with van der Waals surface area (Å²) in [5.74, 6) is 2.98. The summed E-state index contributed by atoms with van der Waals surface area (Å²) in [6.07, 6.45) is 26.9. The molecule has 1 aliphatic rings. The van der Waals surface area contributed by atoms with Crippen LogP contribution in [0.2, 0.25) is 0 Å². The Labute approximate surface area is 242 Å². The molecule has 0 bridgehead atoms. The highest BCUT2D eigenvalue weighted by atomic mass is 19.1. The van der Waals surface area contributed by atoms with Crippen molar-refractivity contribution in [1.29, 1.82) is 0 Å². The Morgan fingerprint density at radius 1 is 1.27 bits per heavy atom. The zero-order valence-electron chi connectivity index (χ0n) is 25.3. The Kier molecular flexibility index (Phi) is 27.8. The summed E-state index contributed by atoms with van der Waals surface area (Å²) in [5.41, 5.74) is 2.23. The average Bonchev–Trinajstić information content (AvgIpc) is 3.14. The van der Waals surface area contributed by atoms with Crippen molar-refractivity contribution in [3.8, 4) is 24.9 Å². The van der Waals surface area contributed by atoms with E-state index in [-0.39, 0.29) is 23.7 Å². The molecular formula is C33H47FN4O2. The summed E-state index contributed by atoms with van der Waals surface area (Å²) in [6.45, 7) is 20.6. The largest absolute Gasteiger partial charge is 0.439 e. The number of aliphatic imine (C=N–C) groups is 1. The summed E-state index contributed by atoms with van der Waals surface area (Å²) in [6, 6.07) is 0. The number of terminal acetylenes is 2. The van der Waals surface area contributed by atoms with Gasteiger partial charge < -0.3 is 15.0 Å². The first kappa shape index (κ1) is 40.1. The fourth-order valence-electron chi connectivity index (χ4n) is 2.74. The van der Waals surface area contributed by atoms with Crippen molar-refractivity contribution in [3.05, 3.63) is 91.0 Å².